The Balaban J connectivity index is 1.52. The second kappa shape index (κ2) is 10.6. The Morgan fingerprint density at radius 2 is 1.28 bits per heavy atom. The molecular formula is C28H20F4O4. The Kier molecular flexibility index (Phi) is 7.36. The topological polar surface area (TPSA) is 55.8 Å². The highest BCUT2D eigenvalue weighted by Crippen LogP contribution is 2.30. The predicted molar refractivity (Wildman–Crippen MR) is 126 cm³/mol. The molecule has 8 heteroatoms. The van der Waals surface area contributed by atoms with E-state index in [9.17, 15) is 27.5 Å². The van der Waals surface area contributed by atoms with Crippen molar-refractivity contribution in [2.45, 2.75) is 13.5 Å². The molecule has 4 aromatic rings. The fourth-order valence-corrected chi connectivity index (χ4v) is 3.57. The summed E-state index contributed by atoms with van der Waals surface area (Å²) < 4.78 is 68.4. The van der Waals surface area contributed by atoms with Gasteiger partial charge in [0.15, 0.2) is 23.3 Å². The van der Waals surface area contributed by atoms with Crippen LogP contribution >= 0.6 is 0 Å². The van der Waals surface area contributed by atoms with Crippen LogP contribution in [0.2, 0.25) is 0 Å². The van der Waals surface area contributed by atoms with Gasteiger partial charge in [0.1, 0.15) is 11.5 Å². The van der Waals surface area contributed by atoms with Gasteiger partial charge >= 0.3 is 5.97 Å². The van der Waals surface area contributed by atoms with E-state index in [0.29, 0.717) is 17.7 Å². The van der Waals surface area contributed by atoms with E-state index < -0.39 is 34.8 Å². The number of rotatable bonds is 7. The second-order valence-corrected chi connectivity index (χ2v) is 7.79. The zero-order chi connectivity index (χ0) is 25.8. The van der Waals surface area contributed by atoms with Crippen molar-refractivity contribution in [3.63, 3.8) is 0 Å². The largest absolute Gasteiger partial charge is 0.508 e. The molecule has 0 saturated carbocycles. The lowest BCUT2D eigenvalue weighted by Gasteiger charge is -2.11. The van der Waals surface area contributed by atoms with Gasteiger partial charge in [-0.15, -0.1) is 0 Å². The van der Waals surface area contributed by atoms with Crippen LogP contribution in [0.15, 0.2) is 72.8 Å². The molecule has 36 heavy (non-hydrogen) atoms. The van der Waals surface area contributed by atoms with Gasteiger partial charge in [0.25, 0.3) is 0 Å². The summed E-state index contributed by atoms with van der Waals surface area (Å²) in [6, 6.07) is 16.1. The summed E-state index contributed by atoms with van der Waals surface area (Å²) >= 11 is 0. The standard InChI is InChI=1S/C28H20F4O4/c1-2-35-15-18-7-12-21(25(30)24(18)29)17-5-10-20(11-6-17)36-28(34)23-14-13-22(26(31)27(23)32)16-3-8-19(33)9-4-16/h3-14,33H,2,15H2,1H3. The fourth-order valence-electron chi connectivity index (χ4n) is 3.57. The molecule has 4 aromatic carbocycles. The van der Waals surface area contributed by atoms with Crippen LogP contribution in [0.25, 0.3) is 22.3 Å². The van der Waals surface area contributed by atoms with Crippen molar-refractivity contribution in [2.75, 3.05) is 6.61 Å². The zero-order valence-corrected chi connectivity index (χ0v) is 19.0. The summed E-state index contributed by atoms with van der Waals surface area (Å²) in [5, 5.41) is 9.36. The molecule has 1 N–H and O–H groups in total. The molecule has 0 aliphatic rings. The maximum absolute atomic E-state index is 14.6. The van der Waals surface area contributed by atoms with Crippen LogP contribution in [0.4, 0.5) is 17.6 Å². The highest BCUT2D eigenvalue weighted by atomic mass is 19.2. The molecule has 0 fully saturated rings. The van der Waals surface area contributed by atoms with E-state index in [1.165, 1.54) is 66.7 Å². The molecule has 0 unspecified atom stereocenters. The second-order valence-electron chi connectivity index (χ2n) is 7.79. The van der Waals surface area contributed by atoms with Crippen LogP contribution in [-0.4, -0.2) is 17.7 Å². The minimum Gasteiger partial charge on any atom is -0.508 e. The Hall–Kier alpha value is -4.17. The lowest BCUT2D eigenvalue weighted by molar-refractivity contribution is 0.0728. The average Bonchev–Trinajstić information content (AvgIpc) is 2.88. The third-order valence-corrected chi connectivity index (χ3v) is 5.48. The number of carbonyl (C=O) groups excluding carboxylic acids is 1. The summed E-state index contributed by atoms with van der Waals surface area (Å²) in [4.78, 5) is 12.5. The van der Waals surface area contributed by atoms with Gasteiger partial charge in [-0.05, 0) is 48.4 Å². The number of carbonyl (C=O) groups is 1. The number of ether oxygens (including phenoxy) is 2. The number of hydrogen-bond acceptors (Lipinski definition) is 4. The van der Waals surface area contributed by atoms with Crippen molar-refractivity contribution in [1.82, 2.24) is 0 Å². The van der Waals surface area contributed by atoms with Crippen LogP contribution in [-0.2, 0) is 11.3 Å². The van der Waals surface area contributed by atoms with Gasteiger partial charge in [-0.25, -0.2) is 22.4 Å². The SMILES string of the molecule is CCOCc1ccc(-c2ccc(OC(=O)c3ccc(-c4ccc(O)cc4)c(F)c3F)cc2)c(F)c1F. The molecule has 0 heterocycles. The summed E-state index contributed by atoms with van der Waals surface area (Å²) in [6.45, 7) is 2.05. The van der Waals surface area contributed by atoms with E-state index in [2.05, 4.69) is 0 Å². The van der Waals surface area contributed by atoms with Crippen LogP contribution in [0, 0.1) is 23.3 Å². The van der Waals surface area contributed by atoms with Crippen molar-refractivity contribution in [1.29, 1.82) is 0 Å². The normalized spacial score (nSPS) is 10.9. The van der Waals surface area contributed by atoms with Crippen LogP contribution in [0.5, 0.6) is 11.5 Å². The molecular weight excluding hydrogens is 476 g/mol. The van der Waals surface area contributed by atoms with Gasteiger partial charge in [0, 0.05) is 23.3 Å². The molecule has 0 atom stereocenters. The van der Waals surface area contributed by atoms with Crippen molar-refractivity contribution < 1.29 is 36.9 Å². The Bertz CT molecular complexity index is 1400. The third-order valence-electron chi connectivity index (χ3n) is 5.48. The summed E-state index contributed by atoms with van der Waals surface area (Å²) in [7, 11) is 0. The van der Waals surface area contributed by atoms with Gasteiger partial charge in [0.2, 0.25) is 0 Å². The number of phenols is 1. The minimum atomic E-state index is -1.38. The maximum Gasteiger partial charge on any atom is 0.346 e. The van der Waals surface area contributed by atoms with E-state index in [0.717, 1.165) is 6.07 Å². The van der Waals surface area contributed by atoms with Gasteiger partial charge < -0.3 is 14.6 Å². The smallest absolute Gasteiger partial charge is 0.346 e. The van der Waals surface area contributed by atoms with E-state index in [4.69, 9.17) is 9.47 Å². The number of esters is 1. The van der Waals surface area contributed by atoms with Crippen LogP contribution in [0.1, 0.15) is 22.8 Å². The van der Waals surface area contributed by atoms with Crippen molar-refractivity contribution in [3.05, 3.63) is 107 Å². The number of benzene rings is 4. The average molecular weight is 496 g/mol. The summed E-state index contributed by atoms with van der Waals surface area (Å²) in [6.07, 6.45) is 0. The summed E-state index contributed by atoms with van der Waals surface area (Å²) in [5.74, 6) is -5.83. The first kappa shape index (κ1) is 24.9. The first-order valence-electron chi connectivity index (χ1n) is 10.9. The fraction of sp³-hybridized carbons (Fsp3) is 0.107. The Labute approximate surface area is 204 Å². The molecule has 0 saturated heterocycles. The molecule has 4 nitrogen and oxygen atoms in total. The van der Waals surface area contributed by atoms with Crippen molar-refractivity contribution in [2.24, 2.45) is 0 Å². The quantitative estimate of drug-likeness (QED) is 0.169. The van der Waals surface area contributed by atoms with E-state index in [-0.39, 0.29) is 34.8 Å². The number of hydrogen-bond donors (Lipinski definition) is 1. The van der Waals surface area contributed by atoms with Crippen molar-refractivity contribution >= 4 is 5.97 Å². The Morgan fingerprint density at radius 3 is 1.89 bits per heavy atom. The number of phenolic OH excluding ortho intramolecular Hbond substituents is 1. The molecule has 0 amide bonds. The van der Waals surface area contributed by atoms with Crippen molar-refractivity contribution in [3.8, 4) is 33.8 Å². The molecule has 0 aromatic heterocycles. The predicted octanol–water partition coefficient (Wildman–Crippen LogP) is 7.04. The third kappa shape index (κ3) is 5.08. The Morgan fingerprint density at radius 1 is 0.722 bits per heavy atom. The molecule has 0 aliphatic carbocycles. The number of aromatic hydroxyl groups is 1. The van der Waals surface area contributed by atoms with E-state index in [1.54, 1.807) is 6.92 Å². The van der Waals surface area contributed by atoms with Gasteiger partial charge in [-0.1, -0.05) is 42.5 Å². The molecule has 0 bridgehead atoms. The zero-order valence-electron chi connectivity index (χ0n) is 19.0. The van der Waals surface area contributed by atoms with Gasteiger partial charge in [0.05, 0.1) is 12.2 Å². The van der Waals surface area contributed by atoms with E-state index in [1.807, 2.05) is 0 Å². The van der Waals surface area contributed by atoms with Crippen LogP contribution in [0.3, 0.4) is 0 Å². The maximum atomic E-state index is 14.6. The molecule has 4 rings (SSSR count). The highest BCUT2D eigenvalue weighted by molar-refractivity contribution is 5.92. The first-order chi connectivity index (χ1) is 17.3. The van der Waals surface area contributed by atoms with E-state index >= 15 is 0 Å². The highest BCUT2D eigenvalue weighted by Gasteiger charge is 2.21. The lowest BCUT2D eigenvalue weighted by atomic mass is 10.0. The molecule has 0 radical (unpaired) electrons. The first-order valence-corrected chi connectivity index (χ1v) is 10.9. The summed E-state index contributed by atoms with van der Waals surface area (Å²) in [5.41, 5.74) is 0.0314. The molecule has 184 valence electrons. The van der Waals surface area contributed by atoms with Gasteiger partial charge in [-0.2, -0.15) is 0 Å². The van der Waals surface area contributed by atoms with Crippen LogP contribution < -0.4 is 4.74 Å². The minimum absolute atomic E-state index is 0.0000142. The number of halogens is 4. The molecule has 0 aliphatic heterocycles. The molecule has 0 spiro atoms. The lowest BCUT2D eigenvalue weighted by Crippen LogP contribution is -2.12. The van der Waals surface area contributed by atoms with Gasteiger partial charge in [-0.3, -0.25) is 0 Å². The monoisotopic (exact) mass is 496 g/mol.